The van der Waals surface area contributed by atoms with E-state index >= 15 is 0 Å². The lowest BCUT2D eigenvalue weighted by atomic mass is 10.0. The molecule has 0 heterocycles. The second kappa shape index (κ2) is 7.65. The van der Waals surface area contributed by atoms with Crippen LogP contribution in [-0.2, 0) is 4.79 Å². The Balaban J connectivity index is 3.22. The first-order valence-electron chi connectivity index (χ1n) is 7.07. The average Bonchev–Trinajstić information content (AvgIpc) is 2.45. The number of anilines is 1. The first kappa shape index (κ1) is 17.0. The molecule has 5 nitrogen and oxygen atoms in total. The molecule has 1 amide bonds. The molecular formula is C16H23N3O2. The number of aliphatic hydroxyl groups excluding tert-OH is 1. The first-order valence-corrected chi connectivity index (χ1v) is 7.07. The lowest BCUT2D eigenvalue weighted by Gasteiger charge is -2.28. The molecule has 0 radical (unpaired) electrons. The van der Waals surface area contributed by atoms with Gasteiger partial charge >= 0.3 is 0 Å². The number of amides is 1. The van der Waals surface area contributed by atoms with E-state index in [1.54, 1.807) is 44.1 Å². The highest BCUT2D eigenvalue weighted by molar-refractivity contribution is 5.81. The SMILES string of the molecule is CCCN(CC(=O)N(C)C)c1cc(C#N)ccc1C(C)O. The smallest absolute Gasteiger partial charge is 0.241 e. The molecule has 0 aliphatic rings. The number of likely N-dealkylation sites (N-methyl/N-ethyl adjacent to an activating group) is 1. The quantitative estimate of drug-likeness (QED) is 0.868. The number of carbonyl (C=O) groups is 1. The first-order chi connectivity index (χ1) is 9.90. The van der Waals surface area contributed by atoms with Gasteiger partial charge in [-0.3, -0.25) is 4.79 Å². The Hall–Kier alpha value is -2.06. The molecule has 21 heavy (non-hydrogen) atoms. The van der Waals surface area contributed by atoms with Crippen LogP contribution in [0.25, 0.3) is 0 Å². The van der Waals surface area contributed by atoms with Crippen LogP contribution in [-0.4, -0.2) is 43.1 Å². The molecule has 1 aromatic rings. The van der Waals surface area contributed by atoms with Gasteiger partial charge in [-0.2, -0.15) is 5.26 Å². The number of nitriles is 1. The van der Waals surface area contributed by atoms with Crippen LogP contribution in [0.5, 0.6) is 0 Å². The maximum absolute atomic E-state index is 12.0. The Labute approximate surface area is 126 Å². The van der Waals surface area contributed by atoms with E-state index in [-0.39, 0.29) is 12.5 Å². The molecule has 0 saturated heterocycles. The summed E-state index contributed by atoms with van der Waals surface area (Å²) in [5.74, 6) is -0.0117. The summed E-state index contributed by atoms with van der Waals surface area (Å²) in [5.41, 5.74) is 2.00. The third-order valence-electron chi connectivity index (χ3n) is 3.27. The normalized spacial score (nSPS) is 11.6. The summed E-state index contributed by atoms with van der Waals surface area (Å²) in [5, 5.41) is 19.0. The molecule has 0 saturated carbocycles. The minimum Gasteiger partial charge on any atom is -0.389 e. The van der Waals surface area contributed by atoms with E-state index in [4.69, 9.17) is 5.26 Å². The lowest BCUT2D eigenvalue weighted by molar-refractivity contribution is -0.127. The zero-order chi connectivity index (χ0) is 16.0. The number of carbonyl (C=O) groups excluding carboxylic acids is 1. The minimum atomic E-state index is -0.651. The van der Waals surface area contributed by atoms with Gasteiger partial charge in [0.05, 0.1) is 24.3 Å². The zero-order valence-corrected chi connectivity index (χ0v) is 13.1. The van der Waals surface area contributed by atoms with Crippen LogP contribution in [0.3, 0.4) is 0 Å². The van der Waals surface area contributed by atoms with Crippen molar-refractivity contribution in [2.45, 2.75) is 26.4 Å². The highest BCUT2D eigenvalue weighted by Crippen LogP contribution is 2.28. The highest BCUT2D eigenvalue weighted by Gasteiger charge is 2.18. The van der Waals surface area contributed by atoms with E-state index in [2.05, 4.69) is 6.07 Å². The summed E-state index contributed by atoms with van der Waals surface area (Å²) in [4.78, 5) is 15.5. The average molecular weight is 289 g/mol. The van der Waals surface area contributed by atoms with Crippen LogP contribution in [0.2, 0.25) is 0 Å². The molecule has 5 heteroatoms. The van der Waals surface area contributed by atoms with Gasteiger partial charge in [0.2, 0.25) is 5.91 Å². The number of aliphatic hydroxyl groups is 1. The van der Waals surface area contributed by atoms with Gasteiger partial charge < -0.3 is 14.9 Å². The number of benzene rings is 1. The molecule has 0 fully saturated rings. The maximum atomic E-state index is 12.0. The van der Waals surface area contributed by atoms with E-state index in [0.717, 1.165) is 17.7 Å². The highest BCUT2D eigenvalue weighted by atomic mass is 16.3. The third-order valence-corrected chi connectivity index (χ3v) is 3.27. The van der Waals surface area contributed by atoms with Crippen LogP contribution < -0.4 is 4.90 Å². The van der Waals surface area contributed by atoms with Crippen LogP contribution in [0, 0.1) is 11.3 Å². The fourth-order valence-corrected chi connectivity index (χ4v) is 2.10. The van der Waals surface area contributed by atoms with Crippen LogP contribution in [0.1, 0.15) is 37.5 Å². The standard InChI is InChI=1S/C16H23N3O2/c1-5-8-19(11-16(21)18(3)4)15-9-13(10-17)6-7-14(15)12(2)20/h6-7,9,12,20H,5,8,11H2,1-4H3. The minimum absolute atomic E-state index is 0.0117. The van der Waals surface area contributed by atoms with Crippen molar-refractivity contribution in [2.24, 2.45) is 0 Å². The molecule has 0 bridgehead atoms. The topological polar surface area (TPSA) is 67.6 Å². The summed E-state index contributed by atoms with van der Waals surface area (Å²) < 4.78 is 0. The molecule has 1 aromatic carbocycles. The van der Waals surface area contributed by atoms with E-state index in [1.165, 1.54) is 0 Å². The Kier molecular flexibility index (Phi) is 6.19. The monoisotopic (exact) mass is 289 g/mol. The molecule has 1 N–H and O–H groups in total. The third kappa shape index (κ3) is 4.47. The molecule has 1 rings (SSSR count). The van der Waals surface area contributed by atoms with Gasteiger partial charge in [-0.05, 0) is 25.5 Å². The van der Waals surface area contributed by atoms with Crippen LogP contribution in [0.4, 0.5) is 5.69 Å². The molecular weight excluding hydrogens is 266 g/mol. The molecule has 1 atom stereocenters. The maximum Gasteiger partial charge on any atom is 0.241 e. The fraction of sp³-hybridized carbons (Fsp3) is 0.500. The number of rotatable bonds is 6. The van der Waals surface area contributed by atoms with Gasteiger partial charge in [0.25, 0.3) is 0 Å². The Bertz CT molecular complexity index is 533. The van der Waals surface area contributed by atoms with Crippen molar-refractivity contribution in [1.82, 2.24) is 4.90 Å². The van der Waals surface area contributed by atoms with Gasteiger partial charge in [0, 0.05) is 31.9 Å². The Morgan fingerprint density at radius 2 is 2.10 bits per heavy atom. The van der Waals surface area contributed by atoms with Crippen molar-refractivity contribution in [2.75, 3.05) is 32.1 Å². The molecule has 0 spiro atoms. The fourth-order valence-electron chi connectivity index (χ4n) is 2.10. The van der Waals surface area contributed by atoms with Gasteiger partial charge in [0.1, 0.15) is 0 Å². The number of nitrogens with zero attached hydrogens (tertiary/aromatic N) is 3. The number of hydrogen-bond donors (Lipinski definition) is 1. The summed E-state index contributed by atoms with van der Waals surface area (Å²) in [6.07, 6.45) is 0.220. The van der Waals surface area contributed by atoms with Gasteiger partial charge in [-0.15, -0.1) is 0 Å². The van der Waals surface area contributed by atoms with Crippen molar-refractivity contribution in [3.63, 3.8) is 0 Å². The van der Waals surface area contributed by atoms with Crippen molar-refractivity contribution in [1.29, 1.82) is 5.26 Å². The van der Waals surface area contributed by atoms with E-state index < -0.39 is 6.10 Å². The lowest BCUT2D eigenvalue weighted by Crippen LogP contribution is -2.37. The summed E-state index contributed by atoms with van der Waals surface area (Å²) in [6, 6.07) is 7.27. The van der Waals surface area contributed by atoms with E-state index in [9.17, 15) is 9.90 Å². The predicted octanol–water partition coefficient (Wildman–Crippen LogP) is 1.92. The van der Waals surface area contributed by atoms with Crippen LogP contribution in [0.15, 0.2) is 18.2 Å². The molecule has 0 aliphatic heterocycles. The Morgan fingerprint density at radius 1 is 1.43 bits per heavy atom. The van der Waals surface area contributed by atoms with Crippen molar-refractivity contribution < 1.29 is 9.90 Å². The second-order valence-corrected chi connectivity index (χ2v) is 5.27. The summed E-state index contributed by atoms with van der Waals surface area (Å²) in [7, 11) is 3.43. The van der Waals surface area contributed by atoms with Gasteiger partial charge in [-0.25, -0.2) is 0 Å². The number of hydrogen-bond acceptors (Lipinski definition) is 4. The van der Waals surface area contributed by atoms with Gasteiger partial charge in [0.15, 0.2) is 0 Å². The Morgan fingerprint density at radius 3 is 2.57 bits per heavy atom. The van der Waals surface area contributed by atoms with Gasteiger partial charge in [-0.1, -0.05) is 13.0 Å². The predicted molar refractivity (Wildman–Crippen MR) is 83.0 cm³/mol. The molecule has 0 aromatic heterocycles. The molecule has 1 unspecified atom stereocenters. The molecule has 0 aliphatic carbocycles. The molecule has 114 valence electrons. The second-order valence-electron chi connectivity index (χ2n) is 5.27. The largest absolute Gasteiger partial charge is 0.389 e. The van der Waals surface area contributed by atoms with Crippen molar-refractivity contribution in [3.05, 3.63) is 29.3 Å². The zero-order valence-electron chi connectivity index (χ0n) is 13.1. The van der Waals surface area contributed by atoms with Crippen molar-refractivity contribution >= 4 is 11.6 Å². The van der Waals surface area contributed by atoms with Crippen LogP contribution >= 0.6 is 0 Å². The van der Waals surface area contributed by atoms with E-state index in [1.807, 2.05) is 11.8 Å². The van der Waals surface area contributed by atoms with Crippen molar-refractivity contribution in [3.8, 4) is 6.07 Å². The summed E-state index contributed by atoms with van der Waals surface area (Å²) >= 11 is 0. The van der Waals surface area contributed by atoms with E-state index in [0.29, 0.717) is 12.1 Å². The summed E-state index contributed by atoms with van der Waals surface area (Å²) in [6.45, 7) is 4.63.